The predicted octanol–water partition coefficient (Wildman–Crippen LogP) is -2.56. The zero-order valence-corrected chi connectivity index (χ0v) is 12.9. The molecule has 1 aliphatic rings. The molecule has 0 saturated heterocycles. The number of sulfone groups is 1. The van der Waals surface area contributed by atoms with Crippen LogP contribution in [0.15, 0.2) is 52.6 Å². The summed E-state index contributed by atoms with van der Waals surface area (Å²) < 4.78 is 22.7. The highest BCUT2D eigenvalue weighted by Crippen LogP contribution is 2.12. The normalized spacial score (nSPS) is 17.2. The molecule has 1 aromatic carbocycles. The molecule has 0 radical (unpaired) electrons. The molecule has 20 heavy (non-hydrogen) atoms. The Labute approximate surface area is 125 Å². The molecule has 0 atom stereocenters. The molecule has 4 nitrogen and oxygen atoms in total. The third-order valence-corrected chi connectivity index (χ3v) is 4.13. The number of nitrogens with two attached hydrogens (primary N) is 1. The van der Waals surface area contributed by atoms with Crippen molar-refractivity contribution in [3.63, 3.8) is 0 Å². The fourth-order valence-electron chi connectivity index (χ4n) is 1.80. The molecule has 0 spiro atoms. The lowest BCUT2D eigenvalue weighted by Crippen LogP contribution is -3.00. The van der Waals surface area contributed by atoms with Gasteiger partial charge in [0.15, 0.2) is 15.5 Å². The van der Waals surface area contributed by atoms with E-state index in [1.807, 2.05) is 13.0 Å². The van der Waals surface area contributed by atoms with Crippen LogP contribution in [0, 0.1) is 0 Å². The summed E-state index contributed by atoms with van der Waals surface area (Å²) in [6, 6.07) is 6.68. The minimum Gasteiger partial charge on any atom is -1.00 e. The summed E-state index contributed by atoms with van der Waals surface area (Å²) in [6.45, 7) is 1.98. The number of nitrogens with one attached hydrogen (secondary N) is 1. The summed E-state index contributed by atoms with van der Waals surface area (Å²) in [4.78, 5) is 3.55. The van der Waals surface area contributed by atoms with Crippen LogP contribution in [0.3, 0.4) is 0 Å². The quantitative estimate of drug-likeness (QED) is 0.631. The van der Waals surface area contributed by atoms with Gasteiger partial charge in [-0.15, -0.1) is 0 Å². The first-order valence-electron chi connectivity index (χ1n) is 5.93. The van der Waals surface area contributed by atoms with E-state index in [0.29, 0.717) is 4.90 Å². The van der Waals surface area contributed by atoms with Crippen LogP contribution in [0.5, 0.6) is 0 Å². The van der Waals surface area contributed by atoms with Crippen LogP contribution in [-0.2, 0) is 9.84 Å². The zero-order chi connectivity index (χ0) is 14.0. The van der Waals surface area contributed by atoms with Crippen LogP contribution in [-0.4, -0.2) is 20.4 Å². The molecule has 0 bridgehead atoms. The molecule has 3 N–H and O–H groups in total. The Kier molecular flexibility index (Phi) is 5.14. The molecule has 0 saturated carbocycles. The van der Waals surface area contributed by atoms with E-state index in [-0.39, 0.29) is 12.4 Å². The lowest BCUT2D eigenvalue weighted by molar-refractivity contribution is -0.354. The highest BCUT2D eigenvalue weighted by Gasteiger charge is 2.11. The molecule has 1 aliphatic carbocycles. The van der Waals surface area contributed by atoms with Crippen molar-refractivity contribution in [2.75, 3.05) is 6.26 Å². The summed E-state index contributed by atoms with van der Waals surface area (Å²) >= 11 is 0. The molecular weight excluding hydrogens is 296 g/mol. The summed E-state index contributed by atoms with van der Waals surface area (Å²) in [5.74, 6) is 0. The lowest BCUT2D eigenvalue weighted by atomic mass is 10.0. The van der Waals surface area contributed by atoms with Crippen molar-refractivity contribution in [1.82, 2.24) is 0 Å². The van der Waals surface area contributed by atoms with E-state index in [2.05, 4.69) is 11.1 Å². The van der Waals surface area contributed by atoms with Crippen LogP contribution in [0.1, 0.15) is 13.3 Å². The van der Waals surface area contributed by atoms with Crippen molar-refractivity contribution >= 4 is 21.2 Å². The van der Waals surface area contributed by atoms with E-state index in [1.165, 1.54) is 6.26 Å². The number of hydrogen-bond acceptors (Lipinski definition) is 3. The summed E-state index contributed by atoms with van der Waals surface area (Å²) in [6.07, 6.45) is 5.95. The number of benzene rings is 1. The first-order valence-corrected chi connectivity index (χ1v) is 7.82. The van der Waals surface area contributed by atoms with Gasteiger partial charge in [-0.2, -0.15) is 0 Å². The fraction of sp³-hybridized carbons (Fsp3) is 0.214. The smallest absolute Gasteiger partial charge is 0.203 e. The van der Waals surface area contributed by atoms with Gasteiger partial charge in [-0.25, -0.2) is 13.4 Å². The minimum absolute atomic E-state index is 0. The minimum atomic E-state index is -3.14. The maximum absolute atomic E-state index is 11.4. The predicted molar refractivity (Wildman–Crippen MR) is 75.8 cm³/mol. The van der Waals surface area contributed by atoms with E-state index < -0.39 is 9.84 Å². The molecule has 0 heterocycles. The average Bonchev–Trinajstić information content (AvgIpc) is 2.33. The lowest BCUT2D eigenvalue weighted by Gasteiger charge is -2.06. The molecule has 0 amide bonds. The number of hydrogen-bond donors (Lipinski definition) is 2. The van der Waals surface area contributed by atoms with Gasteiger partial charge < -0.3 is 18.1 Å². The maximum atomic E-state index is 11.4. The topological polar surface area (TPSA) is 74.1 Å². The first-order chi connectivity index (χ1) is 8.86. The van der Waals surface area contributed by atoms with Crippen LogP contribution in [0.4, 0.5) is 5.69 Å². The van der Waals surface area contributed by atoms with Gasteiger partial charge in [0.2, 0.25) is 5.69 Å². The van der Waals surface area contributed by atoms with Crippen LogP contribution >= 0.6 is 0 Å². The van der Waals surface area contributed by atoms with Gasteiger partial charge in [0, 0.05) is 30.2 Å². The van der Waals surface area contributed by atoms with Gasteiger partial charge in [-0.05, 0) is 24.6 Å². The Morgan fingerprint density at radius 1 is 1.20 bits per heavy atom. The Morgan fingerprint density at radius 2 is 1.80 bits per heavy atom. The Balaban J connectivity index is 0.00000200. The van der Waals surface area contributed by atoms with Crippen molar-refractivity contribution < 1.29 is 25.8 Å². The second kappa shape index (κ2) is 6.24. The van der Waals surface area contributed by atoms with E-state index in [0.717, 1.165) is 29.1 Å². The average molecular weight is 313 g/mol. The van der Waals surface area contributed by atoms with Gasteiger partial charge in [0.1, 0.15) is 0 Å². The number of allylic oxidation sites excluding steroid dienone is 3. The van der Waals surface area contributed by atoms with Gasteiger partial charge in [-0.1, -0.05) is 6.08 Å². The van der Waals surface area contributed by atoms with E-state index in [1.54, 1.807) is 24.3 Å². The Hall–Kier alpha value is -1.59. The second-order valence-electron chi connectivity index (χ2n) is 4.64. The van der Waals surface area contributed by atoms with Gasteiger partial charge >= 0.3 is 0 Å². The van der Waals surface area contributed by atoms with Crippen molar-refractivity contribution in [2.45, 2.75) is 18.2 Å². The standard InChI is InChI=1S/C14H16N2O2S.ClH/c1-10-3-4-12(9-14(10)15)16-11-5-7-13(8-6-11)19(2,17)18;/h3,5-9H,4,15H2,1-2H3;1H. The summed E-state index contributed by atoms with van der Waals surface area (Å²) in [5, 5.41) is 0. The zero-order valence-electron chi connectivity index (χ0n) is 11.4. The third kappa shape index (κ3) is 3.95. The molecule has 6 heteroatoms. The highest BCUT2D eigenvalue weighted by molar-refractivity contribution is 7.90. The van der Waals surface area contributed by atoms with Crippen LogP contribution < -0.4 is 23.1 Å². The van der Waals surface area contributed by atoms with E-state index >= 15 is 0 Å². The molecule has 0 unspecified atom stereocenters. The molecular formula is C14H17ClN2O2S. The molecule has 2 rings (SSSR count). The van der Waals surface area contributed by atoms with Crippen LogP contribution in [0.2, 0.25) is 0 Å². The Morgan fingerprint density at radius 3 is 2.30 bits per heavy atom. The fourth-order valence-corrected chi connectivity index (χ4v) is 2.43. The van der Waals surface area contributed by atoms with Gasteiger partial charge in [0.05, 0.1) is 11.3 Å². The van der Waals surface area contributed by atoms with Crippen LogP contribution in [0.25, 0.3) is 0 Å². The largest absolute Gasteiger partial charge is 1.00 e. The summed E-state index contributed by atoms with van der Waals surface area (Å²) in [7, 11) is -3.14. The Bertz CT molecular complexity index is 686. The van der Waals surface area contributed by atoms with E-state index in [4.69, 9.17) is 5.73 Å². The first kappa shape index (κ1) is 16.5. The monoisotopic (exact) mass is 312 g/mol. The highest BCUT2D eigenvalue weighted by atomic mass is 35.5. The molecule has 0 fully saturated rings. The SMILES string of the molecule is CC1=CCC(=[NH+]c2ccc(S(C)(=O)=O)cc2)C=C1N.[Cl-]. The maximum Gasteiger partial charge on any atom is 0.203 e. The van der Waals surface area contributed by atoms with Crippen molar-refractivity contribution in [3.8, 4) is 0 Å². The molecule has 0 aromatic heterocycles. The molecule has 1 aromatic rings. The number of halogens is 1. The molecule has 108 valence electrons. The number of rotatable bonds is 2. The van der Waals surface area contributed by atoms with Crippen molar-refractivity contribution in [1.29, 1.82) is 0 Å². The van der Waals surface area contributed by atoms with Gasteiger partial charge in [0.25, 0.3) is 0 Å². The second-order valence-corrected chi connectivity index (χ2v) is 6.65. The third-order valence-electron chi connectivity index (χ3n) is 3.00. The van der Waals surface area contributed by atoms with Crippen molar-refractivity contribution in [3.05, 3.63) is 47.7 Å². The molecule has 0 aliphatic heterocycles. The van der Waals surface area contributed by atoms with Gasteiger partial charge in [-0.3, -0.25) is 0 Å². The van der Waals surface area contributed by atoms with Crippen molar-refractivity contribution in [2.24, 2.45) is 5.73 Å². The van der Waals surface area contributed by atoms with E-state index in [9.17, 15) is 8.42 Å². The summed E-state index contributed by atoms with van der Waals surface area (Å²) in [5.41, 5.74) is 9.53.